The molecule has 152 valence electrons. The summed E-state index contributed by atoms with van der Waals surface area (Å²) in [5.41, 5.74) is -0.0311. The van der Waals surface area contributed by atoms with Crippen LogP contribution >= 0.6 is 0 Å². The van der Waals surface area contributed by atoms with E-state index in [0.29, 0.717) is 30.5 Å². The largest absolute Gasteiger partial charge is 0.352 e. The molecule has 1 saturated heterocycles. The van der Waals surface area contributed by atoms with Gasteiger partial charge in [0.05, 0.1) is 0 Å². The number of halogens is 3. The van der Waals surface area contributed by atoms with Crippen LogP contribution in [0.3, 0.4) is 0 Å². The third kappa shape index (κ3) is 4.20. The first-order valence-electron chi connectivity index (χ1n) is 8.68. The second-order valence-electron chi connectivity index (χ2n) is 6.29. The lowest BCUT2D eigenvalue weighted by atomic mass is 10.2. The number of rotatable bonds is 7. The molecule has 0 aliphatic carbocycles. The normalized spacial score (nSPS) is 15.3. The van der Waals surface area contributed by atoms with E-state index in [1.165, 1.54) is 16.6 Å². The van der Waals surface area contributed by atoms with Crippen molar-refractivity contribution in [3.8, 4) is 0 Å². The number of sulfonamides is 1. The summed E-state index contributed by atoms with van der Waals surface area (Å²) in [4.78, 5) is 15.5. The molecule has 1 N–H and O–H groups in total. The predicted molar refractivity (Wildman–Crippen MR) is 93.9 cm³/mol. The number of alkyl halides is 2. The van der Waals surface area contributed by atoms with E-state index >= 15 is 0 Å². The molecule has 2 heterocycles. The fraction of sp³-hybridized carbons (Fsp3) is 0.412. The van der Waals surface area contributed by atoms with Crippen molar-refractivity contribution in [1.29, 1.82) is 0 Å². The Kier molecular flexibility index (Phi) is 6.04. The van der Waals surface area contributed by atoms with Gasteiger partial charge in [-0.3, -0.25) is 9.36 Å². The number of aromatic nitrogens is 2. The standard InChI is InChI=1S/C17H19F3N4O3S/c18-13-4-3-12(11-14(13)28(26,27)23-8-1-2-9-23)16(25)22-6-5-15-21-7-10-24(15)17(19)20/h3-4,7,10-11,17H,1-2,5-6,8-9H2,(H,22,25). The van der Waals surface area contributed by atoms with Crippen LogP contribution in [0.5, 0.6) is 0 Å². The van der Waals surface area contributed by atoms with Crippen LogP contribution in [0.1, 0.15) is 35.6 Å². The van der Waals surface area contributed by atoms with E-state index in [9.17, 15) is 26.4 Å². The number of nitrogens with zero attached hydrogens (tertiary/aromatic N) is 3. The molecule has 1 amide bonds. The minimum atomic E-state index is -4.01. The van der Waals surface area contributed by atoms with Crippen LogP contribution in [0.25, 0.3) is 0 Å². The molecule has 0 saturated carbocycles. The molecule has 28 heavy (non-hydrogen) atoms. The number of hydrogen-bond donors (Lipinski definition) is 1. The average Bonchev–Trinajstić information content (AvgIpc) is 3.34. The molecule has 7 nitrogen and oxygen atoms in total. The maximum absolute atomic E-state index is 14.1. The first-order valence-corrected chi connectivity index (χ1v) is 10.1. The Morgan fingerprint density at radius 2 is 1.96 bits per heavy atom. The second kappa shape index (κ2) is 8.31. The molecule has 0 radical (unpaired) electrons. The van der Waals surface area contributed by atoms with Gasteiger partial charge in [0.1, 0.15) is 16.5 Å². The van der Waals surface area contributed by atoms with Crippen molar-refractivity contribution < 1.29 is 26.4 Å². The highest BCUT2D eigenvalue weighted by Crippen LogP contribution is 2.24. The second-order valence-corrected chi connectivity index (χ2v) is 8.20. The summed E-state index contributed by atoms with van der Waals surface area (Å²) in [6.45, 7) is -2.10. The zero-order chi connectivity index (χ0) is 20.3. The molecule has 1 aromatic carbocycles. The maximum atomic E-state index is 14.1. The van der Waals surface area contributed by atoms with Gasteiger partial charge in [0.15, 0.2) is 0 Å². The summed E-state index contributed by atoms with van der Waals surface area (Å²) in [5.74, 6) is -1.46. The van der Waals surface area contributed by atoms with Crippen LogP contribution in [0.4, 0.5) is 13.2 Å². The monoisotopic (exact) mass is 416 g/mol. The van der Waals surface area contributed by atoms with E-state index in [1.54, 1.807) is 0 Å². The van der Waals surface area contributed by atoms with Crippen LogP contribution in [0.2, 0.25) is 0 Å². The number of carbonyl (C=O) groups excluding carboxylic acids is 1. The molecule has 0 bridgehead atoms. The average molecular weight is 416 g/mol. The minimum Gasteiger partial charge on any atom is -0.352 e. The summed E-state index contributed by atoms with van der Waals surface area (Å²) in [6, 6.07) is 3.10. The lowest BCUT2D eigenvalue weighted by Crippen LogP contribution is -2.30. The Bertz CT molecular complexity index is 956. The fourth-order valence-corrected chi connectivity index (χ4v) is 4.62. The number of nitrogens with one attached hydrogen (secondary N) is 1. The van der Waals surface area contributed by atoms with Crippen LogP contribution < -0.4 is 5.32 Å². The molecule has 0 unspecified atom stereocenters. The van der Waals surface area contributed by atoms with Gasteiger partial charge in [-0.2, -0.15) is 13.1 Å². The Balaban J connectivity index is 1.69. The van der Waals surface area contributed by atoms with Crippen molar-refractivity contribution in [3.05, 3.63) is 47.8 Å². The lowest BCUT2D eigenvalue weighted by molar-refractivity contribution is 0.0670. The van der Waals surface area contributed by atoms with Crippen molar-refractivity contribution in [2.24, 2.45) is 0 Å². The van der Waals surface area contributed by atoms with Crippen molar-refractivity contribution >= 4 is 15.9 Å². The molecule has 1 aliphatic rings. The summed E-state index contributed by atoms with van der Waals surface area (Å²) < 4.78 is 66.7. The smallest absolute Gasteiger partial charge is 0.319 e. The number of amides is 1. The highest BCUT2D eigenvalue weighted by molar-refractivity contribution is 7.89. The zero-order valence-electron chi connectivity index (χ0n) is 14.8. The molecule has 2 aromatic rings. The van der Waals surface area contributed by atoms with E-state index in [1.807, 2.05) is 0 Å². The van der Waals surface area contributed by atoms with Gasteiger partial charge >= 0.3 is 6.55 Å². The highest BCUT2D eigenvalue weighted by Gasteiger charge is 2.30. The number of imidazole rings is 1. The maximum Gasteiger partial charge on any atom is 0.319 e. The SMILES string of the molecule is O=C(NCCc1nccn1C(F)F)c1ccc(F)c(S(=O)(=O)N2CCCC2)c1. The van der Waals surface area contributed by atoms with Crippen molar-refractivity contribution in [2.45, 2.75) is 30.7 Å². The summed E-state index contributed by atoms with van der Waals surface area (Å²) >= 11 is 0. The number of carbonyl (C=O) groups is 1. The van der Waals surface area contributed by atoms with Gasteiger partial charge in [0.2, 0.25) is 10.0 Å². The molecular weight excluding hydrogens is 397 g/mol. The molecule has 3 rings (SSSR count). The van der Waals surface area contributed by atoms with E-state index in [2.05, 4.69) is 10.3 Å². The summed E-state index contributed by atoms with van der Waals surface area (Å²) in [7, 11) is -4.01. The lowest BCUT2D eigenvalue weighted by Gasteiger charge is -2.16. The minimum absolute atomic E-state index is 0.00809. The van der Waals surface area contributed by atoms with Gasteiger partial charge in [0.25, 0.3) is 5.91 Å². The zero-order valence-corrected chi connectivity index (χ0v) is 15.6. The Hall–Kier alpha value is -2.40. The quantitative estimate of drug-likeness (QED) is 0.750. The summed E-state index contributed by atoms with van der Waals surface area (Å²) in [5, 5.41) is 2.50. The van der Waals surface area contributed by atoms with Gasteiger partial charge in [-0.1, -0.05) is 0 Å². The van der Waals surface area contributed by atoms with Crippen molar-refractivity contribution in [1.82, 2.24) is 19.2 Å². The van der Waals surface area contributed by atoms with Crippen molar-refractivity contribution in [3.63, 3.8) is 0 Å². The first kappa shape index (κ1) is 20.3. The Morgan fingerprint density at radius 3 is 2.64 bits per heavy atom. The number of hydrogen-bond acceptors (Lipinski definition) is 4. The Morgan fingerprint density at radius 1 is 1.25 bits per heavy atom. The third-order valence-electron chi connectivity index (χ3n) is 4.47. The van der Waals surface area contributed by atoms with Gasteiger partial charge < -0.3 is 5.32 Å². The van der Waals surface area contributed by atoms with Crippen LogP contribution in [0, 0.1) is 5.82 Å². The van der Waals surface area contributed by atoms with Crippen LogP contribution in [-0.4, -0.2) is 47.8 Å². The van der Waals surface area contributed by atoms with Gasteiger partial charge in [-0.15, -0.1) is 0 Å². The highest BCUT2D eigenvalue weighted by atomic mass is 32.2. The van der Waals surface area contributed by atoms with Crippen molar-refractivity contribution in [2.75, 3.05) is 19.6 Å². The molecule has 1 aliphatic heterocycles. The van der Waals surface area contributed by atoms with E-state index in [4.69, 9.17) is 0 Å². The topological polar surface area (TPSA) is 84.3 Å². The molecular formula is C17H19F3N4O3S. The van der Waals surface area contributed by atoms with Crippen LogP contribution in [0.15, 0.2) is 35.5 Å². The number of benzene rings is 1. The Labute approximate surface area is 160 Å². The van der Waals surface area contributed by atoms with E-state index in [-0.39, 0.29) is 24.4 Å². The molecule has 0 spiro atoms. The predicted octanol–water partition coefficient (Wildman–Crippen LogP) is 2.17. The molecule has 1 aromatic heterocycles. The van der Waals surface area contributed by atoms with Gasteiger partial charge in [-0.25, -0.2) is 17.8 Å². The molecule has 11 heteroatoms. The van der Waals surface area contributed by atoms with Gasteiger partial charge in [0, 0.05) is 44.0 Å². The van der Waals surface area contributed by atoms with Crippen LogP contribution in [-0.2, 0) is 16.4 Å². The summed E-state index contributed by atoms with van der Waals surface area (Å²) in [6.07, 6.45) is 3.84. The fourth-order valence-electron chi connectivity index (χ4n) is 3.01. The van der Waals surface area contributed by atoms with E-state index < -0.39 is 33.2 Å². The third-order valence-corrected chi connectivity index (χ3v) is 6.38. The van der Waals surface area contributed by atoms with Gasteiger partial charge in [-0.05, 0) is 31.0 Å². The van der Waals surface area contributed by atoms with E-state index in [0.717, 1.165) is 18.3 Å². The molecule has 1 fully saturated rings. The molecule has 0 atom stereocenters. The first-order chi connectivity index (χ1) is 13.3.